The molecule has 1 unspecified atom stereocenters. The fourth-order valence-corrected chi connectivity index (χ4v) is 3.56. The highest BCUT2D eigenvalue weighted by Gasteiger charge is 2.28. The summed E-state index contributed by atoms with van der Waals surface area (Å²) in [4.78, 5) is 73.2. The molecule has 13 heteroatoms. The molecule has 41 heavy (non-hydrogen) atoms. The van der Waals surface area contributed by atoms with Gasteiger partial charge in [-0.1, -0.05) is 26.0 Å². The van der Waals surface area contributed by atoms with Gasteiger partial charge in [-0.25, -0.2) is 4.79 Å². The normalized spacial score (nSPS) is 14.0. The number of nitrogens with one attached hydrogen (secondary N) is 3. The van der Waals surface area contributed by atoms with Crippen molar-refractivity contribution in [1.29, 1.82) is 0 Å². The molecule has 0 radical (unpaired) electrons. The first-order valence-corrected chi connectivity index (χ1v) is 13.5. The minimum absolute atomic E-state index is 0.0470. The summed E-state index contributed by atoms with van der Waals surface area (Å²) in [5.74, 6) is -2.08. The molecule has 0 spiro atoms. The number of benzene rings is 1. The number of imide groups is 1. The first kappa shape index (κ1) is 33.2. The van der Waals surface area contributed by atoms with Crippen LogP contribution >= 0.6 is 0 Å². The molecule has 3 N–H and O–H groups in total. The average Bonchev–Trinajstić information content (AvgIpc) is 3.23. The summed E-state index contributed by atoms with van der Waals surface area (Å²) in [6, 6.07) is 5.80. The lowest BCUT2D eigenvalue weighted by atomic mass is 9.97. The molecule has 1 aromatic rings. The van der Waals surface area contributed by atoms with Gasteiger partial charge in [-0.2, -0.15) is 0 Å². The lowest BCUT2D eigenvalue weighted by molar-refractivity contribution is -0.154. The Labute approximate surface area is 239 Å². The molecule has 1 atom stereocenters. The first-order chi connectivity index (χ1) is 19.3. The third-order valence-electron chi connectivity index (χ3n) is 5.94. The predicted octanol–water partition coefficient (Wildman–Crippen LogP) is 1.75. The number of esters is 1. The number of likely N-dealkylation sites (tertiary alicyclic amines) is 1. The summed E-state index contributed by atoms with van der Waals surface area (Å²) in [7, 11) is 0. The van der Waals surface area contributed by atoms with Gasteiger partial charge in [0.25, 0.3) is 0 Å². The van der Waals surface area contributed by atoms with E-state index in [1.165, 1.54) is 0 Å². The van der Waals surface area contributed by atoms with Gasteiger partial charge in [-0.15, -0.1) is 0 Å². The Hall–Kier alpha value is -4.00. The SMILES string of the molecule is CC(C)C(NC(=O)OCCOCCN1C(=O)CCC1=O)C(=O)NCC(=O)Nc1ccc(COC(=O)C(C)(C)C)cc1. The van der Waals surface area contributed by atoms with Gasteiger partial charge < -0.3 is 30.2 Å². The number of alkyl carbamates (subject to hydrolysis) is 1. The molecule has 226 valence electrons. The third-order valence-corrected chi connectivity index (χ3v) is 5.94. The monoisotopic (exact) mass is 576 g/mol. The average molecular weight is 577 g/mol. The minimum Gasteiger partial charge on any atom is -0.460 e. The van der Waals surface area contributed by atoms with Crippen molar-refractivity contribution >= 4 is 41.4 Å². The smallest absolute Gasteiger partial charge is 0.407 e. The van der Waals surface area contributed by atoms with Crippen molar-refractivity contribution in [3.05, 3.63) is 29.8 Å². The van der Waals surface area contributed by atoms with Crippen LogP contribution in [0.25, 0.3) is 0 Å². The molecule has 1 heterocycles. The van der Waals surface area contributed by atoms with E-state index in [4.69, 9.17) is 14.2 Å². The van der Waals surface area contributed by atoms with E-state index < -0.39 is 29.4 Å². The standard InChI is InChI=1S/C28H40N4O9/c1-18(2)24(31-27(38)40-15-14-39-13-12-32-22(34)10-11-23(32)35)25(36)29-16-21(33)30-20-8-6-19(7-9-20)17-41-26(37)28(3,4)5/h6-9,18,24H,10-17H2,1-5H3,(H,29,36)(H,30,33)(H,31,38). The number of hydrogen-bond acceptors (Lipinski definition) is 9. The molecule has 5 amide bonds. The molecule has 0 bridgehead atoms. The van der Waals surface area contributed by atoms with E-state index in [2.05, 4.69) is 16.0 Å². The number of rotatable bonds is 14. The van der Waals surface area contributed by atoms with Gasteiger partial charge in [-0.05, 0) is 44.4 Å². The zero-order valence-corrected chi connectivity index (χ0v) is 24.2. The lowest BCUT2D eigenvalue weighted by Gasteiger charge is -2.21. The van der Waals surface area contributed by atoms with Crippen LogP contribution in [0.5, 0.6) is 0 Å². The summed E-state index contributed by atoms with van der Waals surface area (Å²) in [5, 5.41) is 7.64. The van der Waals surface area contributed by atoms with Crippen molar-refractivity contribution in [2.45, 2.75) is 60.1 Å². The zero-order valence-electron chi connectivity index (χ0n) is 24.2. The van der Waals surface area contributed by atoms with E-state index in [0.717, 1.165) is 10.5 Å². The predicted molar refractivity (Wildman–Crippen MR) is 147 cm³/mol. The summed E-state index contributed by atoms with van der Waals surface area (Å²) in [6.07, 6.45) is -0.403. The van der Waals surface area contributed by atoms with Crippen LogP contribution in [-0.2, 0) is 44.8 Å². The Morgan fingerprint density at radius 3 is 2.15 bits per heavy atom. The fourth-order valence-electron chi connectivity index (χ4n) is 3.56. The number of hydrogen-bond donors (Lipinski definition) is 3. The van der Waals surface area contributed by atoms with Crippen LogP contribution in [0.2, 0.25) is 0 Å². The van der Waals surface area contributed by atoms with Crippen molar-refractivity contribution in [2.24, 2.45) is 11.3 Å². The zero-order chi connectivity index (χ0) is 30.6. The topological polar surface area (TPSA) is 169 Å². The van der Waals surface area contributed by atoms with Crippen LogP contribution < -0.4 is 16.0 Å². The van der Waals surface area contributed by atoms with E-state index >= 15 is 0 Å². The van der Waals surface area contributed by atoms with E-state index in [9.17, 15) is 28.8 Å². The maximum Gasteiger partial charge on any atom is 0.407 e. The van der Waals surface area contributed by atoms with Gasteiger partial charge in [0.05, 0.1) is 31.7 Å². The minimum atomic E-state index is -0.946. The Bertz CT molecular complexity index is 1080. The number of nitrogens with zero attached hydrogens (tertiary/aromatic N) is 1. The van der Waals surface area contributed by atoms with E-state index in [1.54, 1.807) is 58.9 Å². The van der Waals surface area contributed by atoms with Crippen LogP contribution in [-0.4, -0.2) is 79.5 Å². The molecule has 0 aliphatic carbocycles. The van der Waals surface area contributed by atoms with E-state index in [-0.39, 0.29) is 76.1 Å². The number of carbonyl (C=O) groups is 6. The van der Waals surface area contributed by atoms with Crippen LogP contribution in [0.15, 0.2) is 24.3 Å². The number of carbonyl (C=O) groups excluding carboxylic acids is 6. The maximum atomic E-state index is 12.6. The van der Waals surface area contributed by atoms with Crippen molar-refractivity contribution in [1.82, 2.24) is 15.5 Å². The second-order valence-electron chi connectivity index (χ2n) is 10.8. The fraction of sp³-hybridized carbons (Fsp3) is 0.571. The number of amides is 5. The summed E-state index contributed by atoms with van der Waals surface area (Å²) < 4.78 is 15.6. The number of anilines is 1. The van der Waals surface area contributed by atoms with Gasteiger partial charge in [0.15, 0.2) is 0 Å². The first-order valence-electron chi connectivity index (χ1n) is 13.5. The van der Waals surface area contributed by atoms with Crippen molar-refractivity contribution in [3.8, 4) is 0 Å². The van der Waals surface area contributed by atoms with Gasteiger partial charge in [-0.3, -0.25) is 28.9 Å². The summed E-state index contributed by atoms with van der Waals surface area (Å²) >= 11 is 0. The molecule has 1 saturated heterocycles. The van der Waals surface area contributed by atoms with Gasteiger partial charge in [0, 0.05) is 18.5 Å². The molecule has 1 aliphatic heterocycles. The second kappa shape index (κ2) is 15.7. The van der Waals surface area contributed by atoms with Crippen LogP contribution in [0.1, 0.15) is 53.0 Å². The van der Waals surface area contributed by atoms with E-state index in [0.29, 0.717) is 5.69 Å². The maximum absolute atomic E-state index is 12.6. The van der Waals surface area contributed by atoms with Crippen molar-refractivity contribution in [3.63, 3.8) is 0 Å². The summed E-state index contributed by atoms with van der Waals surface area (Å²) in [5.41, 5.74) is 0.658. The quantitative estimate of drug-likeness (QED) is 0.170. The van der Waals surface area contributed by atoms with Crippen molar-refractivity contribution in [2.75, 3.05) is 38.2 Å². The second-order valence-corrected chi connectivity index (χ2v) is 10.8. The molecule has 1 fully saturated rings. The van der Waals surface area contributed by atoms with E-state index in [1.807, 2.05) is 0 Å². The van der Waals surface area contributed by atoms with Gasteiger partial charge in [0.1, 0.15) is 19.3 Å². The largest absolute Gasteiger partial charge is 0.460 e. The number of ether oxygens (including phenoxy) is 3. The van der Waals surface area contributed by atoms with Crippen molar-refractivity contribution < 1.29 is 43.0 Å². The molecule has 1 aromatic carbocycles. The molecular weight excluding hydrogens is 536 g/mol. The highest BCUT2D eigenvalue weighted by atomic mass is 16.6. The Morgan fingerprint density at radius 1 is 0.927 bits per heavy atom. The highest BCUT2D eigenvalue weighted by molar-refractivity contribution is 6.01. The molecule has 2 rings (SSSR count). The molecule has 0 aromatic heterocycles. The van der Waals surface area contributed by atoms with Crippen LogP contribution in [0.3, 0.4) is 0 Å². The lowest BCUT2D eigenvalue weighted by Crippen LogP contribution is -2.51. The Morgan fingerprint density at radius 2 is 1.56 bits per heavy atom. The van der Waals surface area contributed by atoms with Crippen LogP contribution in [0.4, 0.5) is 10.5 Å². The molecular formula is C28H40N4O9. The molecule has 0 saturated carbocycles. The van der Waals surface area contributed by atoms with Gasteiger partial charge in [0.2, 0.25) is 23.6 Å². The summed E-state index contributed by atoms with van der Waals surface area (Å²) in [6.45, 7) is 8.78. The highest BCUT2D eigenvalue weighted by Crippen LogP contribution is 2.17. The Balaban J connectivity index is 1.68. The third kappa shape index (κ3) is 11.6. The van der Waals surface area contributed by atoms with Crippen LogP contribution in [0, 0.1) is 11.3 Å². The molecule has 13 nitrogen and oxygen atoms in total. The molecule has 1 aliphatic rings. The Kier molecular flexibility index (Phi) is 12.7. The van der Waals surface area contributed by atoms with Gasteiger partial charge >= 0.3 is 12.1 Å².